The molecule has 0 spiro atoms. The van der Waals surface area contributed by atoms with Crippen molar-refractivity contribution in [1.82, 2.24) is 16.0 Å². The Balaban J connectivity index is 1.66. The van der Waals surface area contributed by atoms with E-state index in [1.165, 1.54) is 11.1 Å². The minimum absolute atomic E-state index is 0.0222. The first-order valence-electron chi connectivity index (χ1n) is 8.43. The summed E-state index contributed by atoms with van der Waals surface area (Å²) in [5.41, 5.74) is 3.58. The molecule has 1 heterocycles. The molecule has 3 N–H and O–H groups in total. The Labute approximate surface area is 153 Å². The molecule has 126 valence electrons. The van der Waals surface area contributed by atoms with Crippen molar-refractivity contribution >= 4 is 11.6 Å². The van der Waals surface area contributed by atoms with E-state index >= 15 is 0 Å². The highest BCUT2D eigenvalue weighted by Crippen LogP contribution is 2.27. The van der Waals surface area contributed by atoms with E-state index in [2.05, 4.69) is 76.6 Å². The molecule has 4 rings (SSSR count). The van der Waals surface area contributed by atoms with E-state index in [-0.39, 0.29) is 18.5 Å². The molecule has 3 aromatic rings. The standard InChI is InChI=1S/C21H20ClN3/c22-18-13-11-17(12-14-18)21-24-19(15-7-3-1-4-8-15)23-20(25-21)16-9-5-2-6-10-16/h1-14,19-21,23-25H. The van der Waals surface area contributed by atoms with Crippen LogP contribution in [-0.2, 0) is 0 Å². The van der Waals surface area contributed by atoms with Crippen molar-refractivity contribution in [1.29, 1.82) is 0 Å². The molecule has 1 aliphatic heterocycles. The largest absolute Gasteiger partial charge is 0.279 e. The van der Waals surface area contributed by atoms with Gasteiger partial charge in [-0.2, -0.15) is 0 Å². The van der Waals surface area contributed by atoms with Crippen molar-refractivity contribution < 1.29 is 0 Å². The summed E-state index contributed by atoms with van der Waals surface area (Å²) in [5.74, 6) is 0. The lowest BCUT2D eigenvalue weighted by atomic mass is 10.0. The fourth-order valence-electron chi connectivity index (χ4n) is 3.17. The van der Waals surface area contributed by atoms with Gasteiger partial charge in [0.05, 0.1) is 18.5 Å². The molecular weight excluding hydrogens is 330 g/mol. The molecule has 3 nitrogen and oxygen atoms in total. The monoisotopic (exact) mass is 349 g/mol. The molecule has 0 bridgehead atoms. The van der Waals surface area contributed by atoms with Crippen molar-refractivity contribution in [3.8, 4) is 0 Å². The molecular formula is C21H20ClN3. The van der Waals surface area contributed by atoms with Crippen molar-refractivity contribution in [2.24, 2.45) is 0 Å². The summed E-state index contributed by atoms with van der Waals surface area (Å²) in [4.78, 5) is 0. The summed E-state index contributed by atoms with van der Waals surface area (Å²) in [6.07, 6.45) is 0.121. The Morgan fingerprint density at radius 1 is 0.480 bits per heavy atom. The molecule has 3 aromatic carbocycles. The highest BCUT2D eigenvalue weighted by atomic mass is 35.5. The third-order valence-corrected chi connectivity index (χ3v) is 4.72. The Kier molecular flexibility index (Phi) is 4.81. The van der Waals surface area contributed by atoms with Crippen molar-refractivity contribution in [3.63, 3.8) is 0 Å². The maximum Gasteiger partial charge on any atom is 0.0864 e. The Hall–Kier alpha value is -2.17. The lowest BCUT2D eigenvalue weighted by Crippen LogP contribution is -2.54. The second-order valence-electron chi connectivity index (χ2n) is 6.17. The third kappa shape index (κ3) is 3.75. The van der Waals surface area contributed by atoms with Crippen LogP contribution in [-0.4, -0.2) is 0 Å². The lowest BCUT2D eigenvalue weighted by Gasteiger charge is -2.39. The highest BCUT2D eigenvalue weighted by Gasteiger charge is 2.29. The van der Waals surface area contributed by atoms with Gasteiger partial charge in [-0.15, -0.1) is 0 Å². The van der Waals surface area contributed by atoms with Gasteiger partial charge in [0.15, 0.2) is 0 Å². The fraction of sp³-hybridized carbons (Fsp3) is 0.143. The molecule has 25 heavy (non-hydrogen) atoms. The van der Waals surface area contributed by atoms with E-state index < -0.39 is 0 Å². The summed E-state index contributed by atoms with van der Waals surface area (Å²) in [7, 11) is 0. The minimum atomic E-state index is 0.0222. The predicted molar refractivity (Wildman–Crippen MR) is 102 cm³/mol. The number of nitrogens with one attached hydrogen (secondary N) is 3. The normalized spacial score (nSPS) is 23.3. The molecule has 1 fully saturated rings. The molecule has 0 radical (unpaired) electrons. The van der Waals surface area contributed by atoms with Gasteiger partial charge in [0, 0.05) is 5.02 Å². The number of rotatable bonds is 3. The van der Waals surface area contributed by atoms with Crippen molar-refractivity contribution in [2.75, 3.05) is 0 Å². The molecule has 0 saturated carbocycles. The first kappa shape index (κ1) is 16.3. The van der Waals surface area contributed by atoms with Gasteiger partial charge in [-0.1, -0.05) is 84.4 Å². The second-order valence-corrected chi connectivity index (χ2v) is 6.61. The predicted octanol–water partition coefficient (Wildman–Crippen LogP) is 4.52. The fourth-order valence-corrected chi connectivity index (χ4v) is 3.29. The van der Waals surface area contributed by atoms with Crippen LogP contribution in [0.5, 0.6) is 0 Å². The summed E-state index contributed by atoms with van der Waals surface area (Å²) < 4.78 is 0. The van der Waals surface area contributed by atoms with Crippen LogP contribution < -0.4 is 16.0 Å². The van der Waals surface area contributed by atoms with Gasteiger partial charge in [0.25, 0.3) is 0 Å². The van der Waals surface area contributed by atoms with E-state index in [4.69, 9.17) is 11.6 Å². The summed E-state index contributed by atoms with van der Waals surface area (Å²) in [6.45, 7) is 0. The zero-order chi connectivity index (χ0) is 17.1. The smallest absolute Gasteiger partial charge is 0.0864 e. The number of benzene rings is 3. The van der Waals surface area contributed by atoms with Crippen LogP contribution in [0.4, 0.5) is 0 Å². The Bertz CT molecular complexity index is 758. The molecule has 1 aliphatic rings. The summed E-state index contributed by atoms with van der Waals surface area (Å²) >= 11 is 6.05. The number of hydrogen-bond donors (Lipinski definition) is 3. The van der Waals surface area contributed by atoms with Crippen LogP contribution in [0.15, 0.2) is 84.9 Å². The highest BCUT2D eigenvalue weighted by molar-refractivity contribution is 6.30. The average Bonchev–Trinajstić information content (AvgIpc) is 2.69. The van der Waals surface area contributed by atoms with Gasteiger partial charge in [-0.05, 0) is 28.8 Å². The maximum atomic E-state index is 6.05. The molecule has 2 atom stereocenters. The van der Waals surface area contributed by atoms with Crippen LogP contribution in [0, 0.1) is 0 Å². The second kappa shape index (κ2) is 7.38. The molecule has 0 amide bonds. The van der Waals surface area contributed by atoms with Crippen LogP contribution in [0.2, 0.25) is 5.02 Å². The molecule has 2 unspecified atom stereocenters. The molecule has 1 saturated heterocycles. The number of hydrogen-bond acceptors (Lipinski definition) is 3. The summed E-state index contributed by atoms with van der Waals surface area (Å²) in [5, 5.41) is 11.7. The van der Waals surface area contributed by atoms with Crippen LogP contribution >= 0.6 is 11.6 Å². The van der Waals surface area contributed by atoms with Gasteiger partial charge in [-0.25, -0.2) is 0 Å². The topological polar surface area (TPSA) is 36.1 Å². The molecule has 4 heteroatoms. The van der Waals surface area contributed by atoms with Crippen LogP contribution in [0.25, 0.3) is 0 Å². The summed E-state index contributed by atoms with van der Waals surface area (Å²) in [6, 6.07) is 28.9. The molecule has 0 aliphatic carbocycles. The minimum Gasteiger partial charge on any atom is -0.279 e. The van der Waals surface area contributed by atoms with E-state index in [9.17, 15) is 0 Å². The van der Waals surface area contributed by atoms with E-state index in [0.29, 0.717) is 0 Å². The van der Waals surface area contributed by atoms with E-state index in [0.717, 1.165) is 10.6 Å². The van der Waals surface area contributed by atoms with Crippen molar-refractivity contribution in [2.45, 2.75) is 18.5 Å². The van der Waals surface area contributed by atoms with Gasteiger partial charge in [0.1, 0.15) is 0 Å². The maximum absolute atomic E-state index is 6.05. The van der Waals surface area contributed by atoms with Crippen LogP contribution in [0.3, 0.4) is 0 Å². The first-order chi connectivity index (χ1) is 12.3. The number of halogens is 1. The average molecular weight is 350 g/mol. The van der Waals surface area contributed by atoms with E-state index in [1.54, 1.807) is 0 Å². The van der Waals surface area contributed by atoms with Crippen molar-refractivity contribution in [3.05, 3.63) is 107 Å². The van der Waals surface area contributed by atoms with E-state index in [1.807, 2.05) is 24.3 Å². The zero-order valence-electron chi connectivity index (χ0n) is 13.7. The van der Waals surface area contributed by atoms with Gasteiger partial charge in [-0.3, -0.25) is 16.0 Å². The van der Waals surface area contributed by atoms with Gasteiger partial charge >= 0.3 is 0 Å². The first-order valence-corrected chi connectivity index (χ1v) is 8.81. The Morgan fingerprint density at radius 3 is 1.24 bits per heavy atom. The Morgan fingerprint density at radius 2 is 0.840 bits per heavy atom. The SMILES string of the molecule is Clc1ccc(C2NC(c3ccccc3)NC(c3ccccc3)N2)cc1. The quantitative estimate of drug-likeness (QED) is 0.650. The lowest BCUT2D eigenvalue weighted by molar-refractivity contribution is 0.203. The molecule has 0 aromatic heterocycles. The van der Waals surface area contributed by atoms with Gasteiger partial charge in [0.2, 0.25) is 0 Å². The van der Waals surface area contributed by atoms with Crippen LogP contribution in [0.1, 0.15) is 35.2 Å². The van der Waals surface area contributed by atoms with Gasteiger partial charge < -0.3 is 0 Å². The zero-order valence-corrected chi connectivity index (χ0v) is 14.4. The third-order valence-electron chi connectivity index (χ3n) is 4.47.